The minimum Gasteiger partial charge on any atom is -0.508 e. The number of halogens is 1. The number of benzene rings is 1. The Hall–Kier alpha value is -1.09. The fraction of sp³-hybridized carbons (Fsp3) is 0.400. The van der Waals surface area contributed by atoms with Crippen LogP contribution in [-0.4, -0.2) is 11.1 Å². The maximum Gasteiger partial charge on any atom is 0.131 e. The Bertz CT molecular complexity index is 266. The first-order chi connectivity index (χ1) is 6.11. The Balaban J connectivity index is 2.75. The van der Waals surface area contributed by atoms with Crippen LogP contribution in [0.5, 0.6) is 5.75 Å². The largest absolute Gasteiger partial charge is 0.508 e. The third-order valence-electron chi connectivity index (χ3n) is 1.78. The molecule has 0 atom stereocenters. The second-order valence-corrected chi connectivity index (χ2v) is 3.27. The molecule has 2 N–H and O–H groups in total. The number of hydrogen-bond acceptors (Lipinski definition) is 2. The monoisotopic (exact) mass is 183 g/mol. The highest BCUT2D eigenvalue weighted by Gasteiger charge is 2.06. The molecule has 0 radical (unpaired) electrons. The molecular formula is C10H14FNO. The van der Waals surface area contributed by atoms with Crippen LogP contribution in [0.1, 0.15) is 19.4 Å². The Labute approximate surface area is 77.4 Å². The van der Waals surface area contributed by atoms with Crippen molar-refractivity contribution >= 4 is 0 Å². The van der Waals surface area contributed by atoms with E-state index in [2.05, 4.69) is 5.32 Å². The number of hydrogen-bond donors (Lipinski definition) is 2. The van der Waals surface area contributed by atoms with E-state index in [1.165, 1.54) is 18.2 Å². The van der Waals surface area contributed by atoms with Gasteiger partial charge in [-0.1, -0.05) is 19.9 Å². The van der Waals surface area contributed by atoms with Crippen molar-refractivity contribution in [3.05, 3.63) is 29.6 Å². The summed E-state index contributed by atoms with van der Waals surface area (Å²) >= 11 is 0. The molecule has 0 spiro atoms. The Kier molecular flexibility index (Phi) is 3.25. The summed E-state index contributed by atoms with van der Waals surface area (Å²) in [4.78, 5) is 0. The molecule has 72 valence electrons. The predicted molar refractivity (Wildman–Crippen MR) is 50.0 cm³/mol. The highest BCUT2D eigenvalue weighted by molar-refractivity contribution is 5.33. The van der Waals surface area contributed by atoms with Crippen LogP contribution in [0.3, 0.4) is 0 Å². The van der Waals surface area contributed by atoms with Crippen LogP contribution in [0.25, 0.3) is 0 Å². The lowest BCUT2D eigenvalue weighted by molar-refractivity contribution is 0.449. The molecule has 0 aliphatic rings. The zero-order valence-electron chi connectivity index (χ0n) is 7.84. The third-order valence-corrected chi connectivity index (χ3v) is 1.78. The minimum atomic E-state index is -0.367. The summed E-state index contributed by atoms with van der Waals surface area (Å²) in [5.41, 5.74) is 0.330. The van der Waals surface area contributed by atoms with Crippen LogP contribution >= 0.6 is 0 Å². The highest BCUT2D eigenvalue weighted by Crippen LogP contribution is 2.19. The van der Waals surface area contributed by atoms with Crippen molar-refractivity contribution < 1.29 is 9.50 Å². The standard InChI is InChI=1S/C10H14FNO/c1-7(2)12-6-8-9(11)4-3-5-10(8)13/h3-5,7,12-13H,6H2,1-2H3. The molecule has 3 heteroatoms. The second-order valence-electron chi connectivity index (χ2n) is 3.27. The molecule has 0 unspecified atom stereocenters. The zero-order chi connectivity index (χ0) is 9.84. The van der Waals surface area contributed by atoms with E-state index in [1.807, 2.05) is 13.8 Å². The maximum absolute atomic E-state index is 13.1. The van der Waals surface area contributed by atoms with Gasteiger partial charge < -0.3 is 10.4 Å². The van der Waals surface area contributed by atoms with E-state index in [1.54, 1.807) is 0 Å². The van der Waals surface area contributed by atoms with E-state index in [0.717, 1.165) is 0 Å². The summed E-state index contributed by atoms with van der Waals surface area (Å²) in [5, 5.41) is 12.4. The van der Waals surface area contributed by atoms with Gasteiger partial charge >= 0.3 is 0 Å². The number of aromatic hydroxyl groups is 1. The van der Waals surface area contributed by atoms with Gasteiger partial charge in [0.05, 0.1) is 0 Å². The van der Waals surface area contributed by atoms with Crippen LogP contribution < -0.4 is 5.32 Å². The molecule has 2 nitrogen and oxygen atoms in total. The Morgan fingerprint density at radius 1 is 1.46 bits per heavy atom. The van der Waals surface area contributed by atoms with E-state index in [9.17, 15) is 9.50 Å². The average Bonchev–Trinajstić information content (AvgIpc) is 2.03. The first kappa shape index (κ1) is 9.99. The smallest absolute Gasteiger partial charge is 0.131 e. The summed E-state index contributed by atoms with van der Waals surface area (Å²) < 4.78 is 13.1. The van der Waals surface area contributed by atoms with Gasteiger partial charge in [0.2, 0.25) is 0 Å². The van der Waals surface area contributed by atoms with Gasteiger partial charge in [-0.05, 0) is 12.1 Å². The maximum atomic E-state index is 13.1. The SMILES string of the molecule is CC(C)NCc1c(O)cccc1F. The van der Waals surface area contributed by atoms with Crippen molar-refractivity contribution in [1.29, 1.82) is 0 Å². The molecule has 0 aliphatic heterocycles. The van der Waals surface area contributed by atoms with E-state index in [-0.39, 0.29) is 17.6 Å². The lowest BCUT2D eigenvalue weighted by Crippen LogP contribution is -2.22. The molecule has 1 aromatic rings. The summed E-state index contributed by atoms with van der Waals surface area (Å²) in [6, 6.07) is 4.60. The highest BCUT2D eigenvalue weighted by atomic mass is 19.1. The van der Waals surface area contributed by atoms with Crippen LogP contribution in [-0.2, 0) is 6.54 Å². The van der Waals surface area contributed by atoms with E-state index in [0.29, 0.717) is 12.1 Å². The van der Waals surface area contributed by atoms with Crippen LogP contribution in [0.2, 0.25) is 0 Å². The molecule has 13 heavy (non-hydrogen) atoms. The van der Waals surface area contributed by atoms with Gasteiger partial charge in [0.25, 0.3) is 0 Å². The average molecular weight is 183 g/mol. The van der Waals surface area contributed by atoms with E-state index < -0.39 is 0 Å². The van der Waals surface area contributed by atoms with Crippen molar-refractivity contribution in [1.82, 2.24) is 5.32 Å². The van der Waals surface area contributed by atoms with E-state index in [4.69, 9.17) is 0 Å². The predicted octanol–water partition coefficient (Wildman–Crippen LogP) is 2.03. The van der Waals surface area contributed by atoms with Crippen molar-refractivity contribution in [3.63, 3.8) is 0 Å². The molecule has 0 amide bonds. The topological polar surface area (TPSA) is 32.3 Å². The van der Waals surface area contributed by atoms with Crippen molar-refractivity contribution in [2.24, 2.45) is 0 Å². The molecule has 0 aromatic heterocycles. The Morgan fingerprint density at radius 2 is 2.15 bits per heavy atom. The van der Waals surface area contributed by atoms with Gasteiger partial charge in [-0.15, -0.1) is 0 Å². The zero-order valence-corrected chi connectivity index (χ0v) is 7.84. The molecule has 0 bridgehead atoms. The molecule has 0 saturated carbocycles. The molecule has 0 heterocycles. The van der Waals surface area contributed by atoms with Gasteiger partial charge in [-0.3, -0.25) is 0 Å². The summed E-state index contributed by atoms with van der Waals surface area (Å²) in [6.45, 7) is 4.30. The lowest BCUT2D eigenvalue weighted by atomic mass is 10.2. The molecule has 0 fully saturated rings. The first-order valence-corrected chi connectivity index (χ1v) is 4.31. The van der Waals surface area contributed by atoms with Gasteiger partial charge in [-0.2, -0.15) is 0 Å². The fourth-order valence-electron chi connectivity index (χ4n) is 1.03. The Morgan fingerprint density at radius 3 is 2.69 bits per heavy atom. The fourth-order valence-corrected chi connectivity index (χ4v) is 1.03. The molecule has 0 aliphatic carbocycles. The van der Waals surface area contributed by atoms with Gasteiger partial charge in [0.15, 0.2) is 0 Å². The molecular weight excluding hydrogens is 169 g/mol. The van der Waals surface area contributed by atoms with Crippen molar-refractivity contribution in [2.75, 3.05) is 0 Å². The number of phenolic OH excluding ortho intramolecular Hbond substituents is 1. The lowest BCUT2D eigenvalue weighted by Gasteiger charge is -2.09. The van der Waals surface area contributed by atoms with Crippen LogP contribution in [0, 0.1) is 5.82 Å². The second kappa shape index (κ2) is 4.23. The summed E-state index contributed by atoms with van der Waals surface area (Å²) in [6.07, 6.45) is 0. The number of rotatable bonds is 3. The van der Waals surface area contributed by atoms with E-state index >= 15 is 0 Å². The van der Waals surface area contributed by atoms with Crippen molar-refractivity contribution in [3.8, 4) is 5.75 Å². The summed E-state index contributed by atoms with van der Waals surface area (Å²) in [7, 11) is 0. The third kappa shape index (κ3) is 2.70. The normalized spacial score (nSPS) is 10.8. The quantitative estimate of drug-likeness (QED) is 0.751. The van der Waals surface area contributed by atoms with Gasteiger partial charge in [-0.25, -0.2) is 4.39 Å². The van der Waals surface area contributed by atoms with Crippen molar-refractivity contribution in [2.45, 2.75) is 26.4 Å². The number of nitrogens with one attached hydrogen (secondary N) is 1. The summed E-state index contributed by atoms with van der Waals surface area (Å²) in [5.74, 6) is -0.360. The van der Waals surface area contributed by atoms with Crippen LogP contribution in [0.4, 0.5) is 4.39 Å². The minimum absolute atomic E-state index is 0.00755. The van der Waals surface area contributed by atoms with Crippen LogP contribution in [0.15, 0.2) is 18.2 Å². The first-order valence-electron chi connectivity index (χ1n) is 4.31. The van der Waals surface area contributed by atoms with Gasteiger partial charge in [0.1, 0.15) is 11.6 Å². The number of phenols is 1. The molecule has 1 rings (SSSR count). The molecule has 1 aromatic carbocycles. The van der Waals surface area contributed by atoms with Gasteiger partial charge in [0, 0.05) is 18.2 Å². The molecule has 0 saturated heterocycles.